The maximum absolute atomic E-state index is 12.0. The fourth-order valence-electron chi connectivity index (χ4n) is 2.58. The Morgan fingerprint density at radius 3 is 2.58 bits per heavy atom. The molecule has 5 nitrogen and oxygen atoms in total. The van der Waals surface area contributed by atoms with Crippen molar-refractivity contribution in [1.82, 2.24) is 5.32 Å². The summed E-state index contributed by atoms with van der Waals surface area (Å²) in [6.45, 7) is 9.24. The van der Waals surface area contributed by atoms with Crippen molar-refractivity contribution < 1.29 is 14.3 Å². The van der Waals surface area contributed by atoms with E-state index in [1.54, 1.807) is 7.11 Å². The third-order valence-corrected chi connectivity index (χ3v) is 3.84. The lowest BCUT2D eigenvalue weighted by atomic mass is 10.1. The minimum Gasteiger partial charge on any atom is -0.490 e. The fraction of sp³-hybridized carbons (Fsp3) is 0.632. The number of nitrogens with one attached hydrogen (secondary N) is 1. The Hall–Kier alpha value is -1.59. The first kappa shape index (κ1) is 20.5. The van der Waals surface area contributed by atoms with Gasteiger partial charge in [0.2, 0.25) is 5.91 Å². The summed E-state index contributed by atoms with van der Waals surface area (Å²) in [6, 6.07) is 6.05. The van der Waals surface area contributed by atoms with Gasteiger partial charge in [-0.3, -0.25) is 4.79 Å². The number of carbonyl (C=O) groups is 1. The molecule has 1 rings (SSSR count). The summed E-state index contributed by atoms with van der Waals surface area (Å²) >= 11 is 0. The first-order chi connectivity index (χ1) is 11.3. The summed E-state index contributed by atoms with van der Waals surface area (Å²) in [7, 11) is 1.56. The summed E-state index contributed by atoms with van der Waals surface area (Å²) in [5.41, 5.74) is 7.67. The van der Waals surface area contributed by atoms with Crippen LogP contribution in [0.25, 0.3) is 0 Å². The van der Waals surface area contributed by atoms with Crippen molar-refractivity contribution >= 4 is 5.91 Å². The molecule has 0 fully saturated rings. The van der Waals surface area contributed by atoms with E-state index < -0.39 is 0 Å². The number of carbonyl (C=O) groups excluding carboxylic acids is 1. The van der Waals surface area contributed by atoms with Crippen LogP contribution in [0.2, 0.25) is 0 Å². The molecular weight excluding hydrogens is 304 g/mol. The molecule has 2 unspecified atom stereocenters. The monoisotopic (exact) mass is 336 g/mol. The van der Waals surface area contributed by atoms with Crippen molar-refractivity contribution in [2.45, 2.75) is 59.3 Å². The van der Waals surface area contributed by atoms with Crippen LogP contribution in [0.3, 0.4) is 0 Å². The van der Waals surface area contributed by atoms with Gasteiger partial charge in [-0.05, 0) is 37.8 Å². The molecule has 136 valence electrons. The van der Waals surface area contributed by atoms with Crippen molar-refractivity contribution in [2.75, 3.05) is 13.7 Å². The molecule has 0 aliphatic carbocycles. The van der Waals surface area contributed by atoms with E-state index in [1.165, 1.54) is 0 Å². The largest absolute Gasteiger partial charge is 0.490 e. The van der Waals surface area contributed by atoms with Crippen molar-refractivity contribution in [3.05, 3.63) is 29.3 Å². The highest BCUT2D eigenvalue weighted by Gasteiger charge is 2.14. The molecule has 1 amide bonds. The van der Waals surface area contributed by atoms with E-state index in [1.807, 2.05) is 25.1 Å². The Bertz CT molecular complexity index is 513. The maximum Gasteiger partial charge on any atom is 0.222 e. The summed E-state index contributed by atoms with van der Waals surface area (Å²) < 4.78 is 11.2. The second kappa shape index (κ2) is 10.3. The number of methoxy groups -OCH3 is 1. The number of nitrogens with two attached hydrogens (primary N) is 1. The molecule has 3 N–H and O–H groups in total. The van der Waals surface area contributed by atoms with Gasteiger partial charge in [0.1, 0.15) is 5.75 Å². The van der Waals surface area contributed by atoms with Gasteiger partial charge < -0.3 is 20.5 Å². The van der Waals surface area contributed by atoms with E-state index in [4.69, 9.17) is 15.2 Å². The summed E-state index contributed by atoms with van der Waals surface area (Å²) in [5, 5.41) is 2.92. The van der Waals surface area contributed by atoms with Gasteiger partial charge in [0, 0.05) is 25.8 Å². The predicted molar refractivity (Wildman–Crippen MR) is 97.0 cm³/mol. The van der Waals surface area contributed by atoms with Crippen molar-refractivity contribution in [1.29, 1.82) is 0 Å². The Morgan fingerprint density at radius 1 is 1.29 bits per heavy atom. The third kappa shape index (κ3) is 7.32. The van der Waals surface area contributed by atoms with Crippen LogP contribution in [0.15, 0.2) is 18.2 Å². The van der Waals surface area contributed by atoms with Gasteiger partial charge in [-0.15, -0.1) is 0 Å². The van der Waals surface area contributed by atoms with Gasteiger partial charge in [0.15, 0.2) is 0 Å². The van der Waals surface area contributed by atoms with Crippen LogP contribution in [0, 0.1) is 12.8 Å². The number of hydrogen-bond acceptors (Lipinski definition) is 4. The first-order valence-electron chi connectivity index (χ1n) is 8.61. The van der Waals surface area contributed by atoms with Gasteiger partial charge in [-0.2, -0.15) is 0 Å². The second-order valence-corrected chi connectivity index (χ2v) is 6.74. The lowest BCUT2D eigenvalue weighted by Gasteiger charge is -2.20. The average Bonchev–Trinajstić information content (AvgIpc) is 2.51. The molecular formula is C19H32N2O3. The Kier molecular flexibility index (Phi) is 8.79. The fourth-order valence-corrected chi connectivity index (χ4v) is 2.58. The van der Waals surface area contributed by atoms with Crippen LogP contribution in [0.1, 0.15) is 44.7 Å². The molecule has 1 aromatic rings. The zero-order valence-electron chi connectivity index (χ0n) is 15.6. The number of benzene rings is 1. The standard InChI is InChI=1S/C19H32N2O3/c1-13(2)8-15(4)24-18-9-14(3)6-7-16(18)12-21-19(22)10-17(11-20)23-5/h6-7,9,13,15,17H,8,10-12,20H2,1-5H3,(H,21,22). The molecule has 5 heteroatoms. The summed E-state index contributed by atoms with van der Waals surface area (Å²) in [5.74, 6) is 1.34. The molecule has 2 atom stereocenters. The highest BCUT2D eigenvalue weighted by Crippen LogP contribution is 2.23. The van der Waals surface area contributed by atoms with Crippen LogP contribution < -0.4 is 15.8 Å². The van der Waals surface area contributed by atoms with Crippen LogP contribution in [0.4, 0.5) is 0 Å². The Balaban J connectivity index is 2.68. The van der Waals surface area contributed by atoms with Crippen LogP contribution in [0.5, 0.6) is 5.75 Å². The van der Waals surface area contributed by atoms with Gasteiger partial charge >= 0.3 is 0 Å². The number of hydrogen-bond donors (Lipinski definition) is 2. The van der Waals surface area contributed by atoms with E-state index in [9.17, 15) is 4.79 Å². The summed E-state index contributed by atoms with van der Waals surface area (Å²) in [6.07, 6.45) is 1.14. The molecule has 1 aromatic carbocycles. The van der Waals surface area contributed by atoms with Crippen molar-refractivity contribution in [2.24, 2.45) is 11.7 Å². The highest BCUT2D eigenvalue weighted by molar-refractivity contribution is 5.76. The minimum absolute atomic E-state index is 0.0750. The zero-order valence-corrected chi connectivity index (χ0v) is 15.6. The molecule has 0 radical (unpaired) electrons. The van der Waals surface area contributed by atoms with Gasteiger partial charge in [-0.25, -0.2) is 0 Å². The van der Waals surface area contributed by atoms with Crippen molar-refractivity contribution in [3.63, 3.8) is 0 Å². The van der Waals surface area contributed by atoms with Gasteiger partial charge in [-0.1, -0.05) is 26.0 Å². The number of ether oxygens (including phenoxy) is 2. The van der Waals surface area contributed by atoms with Crippen LogP contribution >= 0.6 is 0 Å². The first-order valence-corrected chi connectivity index (χ1v) is 8.61. The number of amides is 1. The van der Waals surface area contributed by atoms with E-state index in [0.29, 0.717) is 19.0 Å². The normalized spacial score (nSPS) is 13.6. The van der Waals surface area contributed by atoms with E-state index in [2.05, 4.69) is 26.1 Å². The van der Waals surface area contributed by atoms with E-state index in [-0.39, 0.29) is 24.5 Å². The van der Waals surface area contributed by atoms with Crippen molar-refractivity contribution in [3.8, 4) is 5.75 Å². The lowest BCUT2D eigenvalue weighted by Crippen LogP contribution is -2.32. The number of aryl methyl sites for hydroxylation is 1. The number of rotatable bonds is 10. The zero-order chi connectivity index (χ0) is 18.1. The molecule has 0 heterocycles. The Morgan fingerprint density at radius 2 is 2.00 bits per heavy atom. The van der Waals surface area contributed by atoms with E-state index >= 15 is 0 Å². The molecule has 24 heavy (non-hydrogen) atoms. The molecule has 0 saturated heterocycles. The SMILES string of the molecule is COC(CN)CC(=O)NCc1ccc(C)cc1OC(C)CC(C)C. The van der Waals surface area contributed by atoms with Gasteiger partial charge in [0.05, 0.1) is 18.6 Å². The van der Waals surface area contributed by atoms with Crippen LogP contribution in [-0.2, 0) is 16.1 Å². The average molecular weight is 336 g/mol. The smallest absolute Gasteiger partial charge is 0.222 e. The molecule has 0 aromatic heterocycles. The molecule has 0 bridgehead atoms. The quantitative estimate of drug-likeness (QED) is 0.689. The highest BCUT2D eigenvalue weighted by atomic mass is 16.5. The molecule has 0 aliphatic heterocycles. The predicted octanol–water partition coefficient (Wildman–Crippen LogP) is 2.79. The third-order valence-electron chi connectivity index (χ3n) is 3.84. The topological polar surface area (TPSA) is 73.6 Å². The molecule has 0 aliphatic rings. The summed E-state index contributed by atoms with van der Waals surface area (Å²) in [4.78, 5) is 12.0. The maximum atomic E-state index is 12.0. The van der Waals surface area contributed by atoms with E-state index in [0.717, 1.165) is 23.3 Å². The second-order valence-electron chi connectivity index (χ2n) is 6.74. The molecule has 0 spiro atoms. The molecule has 0 saturated carbocycles. The van der Waals surface area contributed by atoms with Gasteiger partial charge in [0.25, 0.3) is 0 Å². The minimum atomic E-state index is -0.246. The van der Waals surface area contributed by atoms with Crippen LogP contribution in [-0.4, -0.2) is 31.8 Å². The lowest BCUT2D eigenvalue weighted by molar-refractivity contribution is -0.123. The Labute approximate surface area is 145 Å².